The quantitative estimate of drug-likeness (QED) is 0.200. The molecule has 6 rings (SSSR count). The highest BCUT2D eigenvalue weighted by Crippen LogP contribution is 2.33. The van der Waals surface area contributed by atoms with Crippen LogP contribution >= 0.6 is 0 Å². The third-order valence-corrected chi connectivity index (χ3v) is 8.33. The number of fused-ring (bicyclic) bond motifs is 2. The molecule has 228 valence electrons. The highest BCUT2D eigenvalue weighted by Gasteiger charge is 2.22. The smallest absolute Gasteiger partial charge is 0.242 e. The minimum Gasteiger partial charge on any atom is -0.475 e. The Hall–Kier alpha value is -4.07. The van der Waals surface area contributed by atoms with Gasteiger partial charge in [0, 0.05) is 55.5 Å². The van der Waals surface area contributed by atoms with Crippen molar-refractivity contribution in [1.82, 2.24) is 49.1 Å². The molecule has 1 atom stereocenters. The van der Waals surface area contributed by atoms with Gasteiger partial charge in [0.1, 0.15) is 29.9 Å². The molecule has 3 N–H and O–H groups in total. The number of nitrogens with zero attached hydrogens (tertiary/aromatic N) is 9. The van der Waals surface area contributed by atoms with Gasteiger partial charge in [0.05, 0.1) is 17.6 Å². The number of piperidine rings is 1. The molecule has 43 heavy (non-hydrogen) atoms. The maximum Gasteiger partial charge on any atom is 0.242 e. The van der Waals surface area contributed by atoms with Crippen molar-refractivity contribution >= 4 is 22.4 Å². The number of hydrogen-bond acceptors (Lipinski definition) is 10. The molecule has 6 heterocycles. The predicted molar refractivity (Wildman–Crippen MR) is 165 cm³/mol. The first-order valence-corrected chi connectivity index (χ1v) is 15.0. The first kappa shape index (κ1) is 29.0. The molecule has 0 bridgehead atoms. The molecule has 1 unspecified atom stereocenters. The minimum absolute atomic E-state index is 0.126. The number of rotatable bonds is 12. The van der Waals surface area contributed by atoms with Gasteiger partial charge < -0.3 is 25.0 Å². The van der Waals surface area contributed by atoms with Crippen LogP contribution in [-0.4, -0.2) is 107 Å². The number of H-pyrrole nitrogens is 1. The molecule has 13 nitrogen and oxygen atoms in total. The largest absolute Gasteiger partial charge is 0.475 e. The molecule has 1 fully saturated rings. The lowest BCUT2D eigenvalue weighted by molar-refractivity contribution is 0.127. The lowest BCUT2D eigenvalue weighted by atomic mass is 10.0. The maximum absolute atomic E-state index is 9.18. The molecule has 5 aromatic rings. The van der Waals surface area contributed by atoms with Crippen LogP contribution in [0.25, 0.3) is 27.7 Å². The summed E-state index contributed by atoms with van der Waals surface area (Å²) in [5.74, 6) is 1.87. The second kappa shape index (κ2) is 12.7. The Morgan fingerprint density at radius 2 is 2.05 bits per heavy atom. The number of hydrogen-bond donors (Lipinski definition) is 3. The van der Waals surface area contributed by atoms with E-state index in [4.69, 9.17) is 14.8 Å². The summed E-state index contributed by atoms with van der Waals surface area (Å²) in [4.78, 5) is 22.0. The molecular formula is C30H41N11O2. The van der Waals surface area contributed by atoms with E-state index in [-0.39, 0.29) is 12.6 Å². The monoisotopic (exact) mass is 587 g/mol. The molecule has 0 spiro atoms. The SMILES string of the molecule is Cc1ccn2nc(C(C)Nc3ncnc4[nH]cc(-c5cnn(CCCO)c5)c34)nc(OCCN3CCC(N(C)C)CC3)c12. The van der Waals surface area contributed by atoms with E-state index < -0.39 is 0 Å². The fourth-order valence-corrected chi connectivity index (χ4v) is 5.80. The number of aliphatic hydroxyl groups is 1. The Balaban J connectivity index is 1.20. The van der Waals surface area contributed by atoms with E-state index in [0.717, 1.165) is 52.9 Å². The van der Waals surface area contributed by atoms with Crippen LogP contribution in [0.15, 0.2) is 37.2 Å². The second-order valence-electron chi connectivity index (χ2n) is 11.5. The van der Waals surface area contributed by atoms with Crippen LogP contribution in [0.1, 0.15) is 43.6 Å². The number of aryl methyl sites for hydroxylation is 2. The topological polar surface area (TPSA) is 138 Å². The zero-order valence-electron chi connectivity index (χ0n) is 25.4. The number of aliphatic hydroxyl groups excluding tert-OH is 1. The molecule has 1 aliphatic heterocycles. The van der Waals surface area contributed by atoms with Gasteiger partial charge >= 0.3 is 0 Å². The van der Waals surface area contributed by atoms with E-state index in [9.17, 15) is 5.11 Å². The van der Waals surface area contributed by atoms with E-state index in [1.165, 1.54) is 19.2 Å². The minimum atomic E-state index is -0.271. The van der Waals surface area contributed by atoms with Gasteiger partial charge in [-0.1, -0.05) is 0 Å². The third-order valence-electron chi connectivity index (χ3n) is 8.33. The summed E-state index contributed by atoms with van der Waals surface area (Å²) in [6.45, 7) is 8.44. The van der Waals surface area contributed by atoms with Crippen molar-refractivity contribution in [3.05, 3.63) is 48.6 Å². The van der Waals surface area contributed by atoms with Crippen molar-refractivity contribution < 1.29 is 9.84 Å². The number of ether oxygens (including phenoxy) is 1. The van der Waals surface area contributed by atoms with Crippen LogP contribution in [-0.2, 0) is 6.54 Å². The van der Waals surface area contributed by atoms with Crippen LogP contribution in [0.3, 0.4) is 0 Å². The summed E-state index contributed by atoms with van der Waals surface area (Å²) in [6.07, 6.45) is 12.2. The van der Waals surface area contributed by atoms with E-state index in [1.807, 2.05) is 47.0 Å². The van der Waals surface area contributed by atoms with Gasteiger partial charge in [-0.2, -0.15) is 15.2 Å². The molecule has 0 saturated carbocycles. The average Bonchev–Trinajstić information content (AvgIpc) is 3.75. The highest BCUT2D eigenvalue weighted by atomic mass is 16.5. The van der Waals surface area contributed by atoms with Gasteiger partial charge in [-0.3, -0.25) is 9.58 Å². The summed E-state index contributed by atoms with van der Waals surface area (Å²) in [7, 11) is 4.33. The Morgan fingerprint density at radius 3 is 2.84 bits per heavy atom. The first-order chi connectivity index (χ1) is 20.9. The zero-order chi connectivity index (χ0) is 29.9. The van der Waals surface area contributed by atoms with Gasteiger partial charge in [-0.15, -0.1) is 0 Å². The Kier molecular flexibility index (Phi) is 8.54. The van der Waals surface area contributed by atoms with E-state index in [1.54, 1.807) is 0 Å². The molecule has 0 radical (unpaired) electrons. The number of nitrogens with one attached hydrogen (secondary N) is 2. The standard InChI is InChI=1S/C30H41N11O2/c1-20-6-12-41-26(20)30(43-15-13-39-10-7-23(8-11-39)38(3)4)36-27(37-41)21(2)35-29-25-24(17-31-28(25)32-19-33-29)22-16-34-40(18-22)9-5-14-42/h6,12,16-19,21,23,42H,5,7-11,13-15H2,1-4H3,(H2,31,32,33,35). The fraction of sp³-hybridized carbons (Fsp3) is 0.500. The third kappa shape index (κ3) is 6.19. The van der Waals surface area contributed by atoms with Crippen molar-refractivity contribution in [3.8, 4) is 17.0 Å². The van der Waals surface area contributed by atoms with E-state index in [2.05, 4.69) is 56.2 Å². The Labute approximate surface area is 250 Å². The van der Waals surface area contributed by atoms with Crippen LogP contribution in [0, 0.1) is 6.92 Å². The Morgan fingerprint density at radius 1 is 1.21 bits per heavy atom. The predicted octanol–water partition coefficient (Wildman–Crippen LogP) is 3.13. The van der Waals surface area contributed by atoms with Crippen molar-refractivity contribution in [1.29, 1.82) is 0 Å². The molecule has 13 heteroatoms. The van der Waals surface area contributed by atoms with Crippen LogP contribution in [0.4, 0.5) is 5.82 Å². The molecule has 0 aliphatic carbocycles. The normalized spacial score (nSPS) is 15.6. The number of anilines is 1. The number of likely N-dealkylation sites (tertiary alicyclic amines) is 1. The summed E-state index contributed by atoms with van der Waals surface area (Å²) in [6, 6.07) is 2.42. The van der Waals surface area contributed by atoms with Crippen LogP contribution in [0.2, 0.25) is 0 Å². The molecule has 5 aromatic heterocycles. The van der Waals surface area contributed by atoms with Crippen molar-refractivity contribution in [2.45, 2.75) is 51.7 Å². The first-order valence-electron chi connectivity index (χ1n) is 15.0. The second-order valence-corrected chi connectivity index (χ2v) is 11.5. The molecular weight excluding hydrogens is 546 g/mol. The van der Waals surface area contributed by atoms with Crippen molar-refractivity contribution in [2.24, 2.45) is 0 Å². The summed E-state index contributed by atoms with van der Waals surface area (Å²) in [5, 5.41) is 22.8. The van der Waals surface area contributed by atoms with Crippen LogP contribution in [0.5, 0.6) is 5.88 Å². The Bertz CT molecular complexity index is 1670. The summed E-state index contributed by atoms with van der Waals surface area (Å²) < 4.78 is 10.0. The summed E-state index contributed by atoms with van der Waals surface area (Å²) in [5.41, 5.74) is 4.56. The van der Waals surface area contributed by atoms with E-state index in [0.29, 0.717) is 43.1 Å². The van der Waals surface area contributed by atoms with Gasteiger partial charge in [-0.25, -0.2) is 14.5 Å². The summed E-state index contributed by atoms with van der Waals surface area (Å²) >= 11 is 0. The molecule has 1 aliphatic rings. The van der Waals surface area contributed by atoms with Gasteiger partial charge in [0.25, 0.3) is 0 Å². The van der Waals surface area contributed by atoms with Crippen molar-refractivity contribution in [2.75, 3.05) is 52.3 Å². The zero-order valence-corrected chi connectivity index (χ0v) is 25.4. The van der Waals surface area contributed by atoms with Crippen LogP contribution < -0.4 is 10.1 Å². The number of aromatic nitrogens is 8. The molecule has 0 amide bonds. The fourth-order valence-electron chi connectivity index (χ4n) is 5.80. The lowest BCUT2D eigenvalue weighted by Crippen LogP contribution is -2.43. The van der Waals surface area contributed by atoms with Gasteiger partial charge in [-0.05, 0) is 71.9 Å². The molecule has 0 aromatic carbocycles. The highest BCUT2D eigenvalue weighted by molar-refractivity contribution is 6.00. The van der Waals surface area contributed by atoms with Crippen molar-refractivity contribution in [3.63, 3.8) is 0 Å². The number of aromatic amines is 1. The van der Waals surface area contributed by atoms with E-state index >= 15 is 0 Å². The maximum atomic E-state index is 9.18. The van der Waals surface area contributed by atoms with Gasteiger partial charge in [0.2, 0.25) is 5.88 Å². The van der Waals surface area contributed by atoms with Gasteiger partial charge in [0.15, 0.2) is 5.82 Å². The lowest BCUT2D eigenvalue weighted by Gasteiger charge is -2.35. The molecule has 1 saturated heterocycles. The average molecular weight is 588 g/mol.